The molecule has 5 nitrogen and oxygen atoms in total. The Morgan fingerprint density at radius 2 is 1.65 bits per heavy atom. The smallest absolute Gasteiger partial charge is 0.287 e. The van der Waals surface area contributed by atoms with Crippen molar-refractivity contribution in [3.8, 4) is 0 Å². The number of aryl methyl sites for hydroxylation is 2. The fraction of sp³-hybridized carbons (Fsp3) is 0.381. The van der Waals surface area contributed by atoms with Gasteiger partial charge >= 0.3 is 5.69 Å². The van der Waals surface area contributed by atoms with Crippen molar-refractivity contribution in [1.82, 2.24) is 9.13 Å². The predicted molar refractivity (Wildman–Crippen MR) is 102 cm³/mol. The lowest BCUT2D eigenvalue weighted by atomic mass is 9.98. The van der Waals surface area contributed by atoms with Gasteiger partial charge in [-0.2, -0.15) is 0 Å². The van der Waals surface area contributed by atoms with Crippen LogP contribution in [0.4, 0.5) is 0 Å². The standard InChI is InChI=1S/C21H24N2O3/c1-5-17-18(19(24)15-11-13(2)10-14(3)12-15)23(16-8-6-7-9-16)21(26)22(4)20(17)25/h6-7,10-12,16H,5,8-9H2,1-4H3. The average Bonchev–Trinajstić information content (AvgIpc) is 3.12. The summed E-state index contributed by atoms with van der Waals surface area (Å²) in [4.78, 5) is 38.9. The monoisotopic (exact) mass is 352 g/mol. The van der Waals surface area contributed by atoms with E-state index in [9.17, 15) is 14.4 Å². The molecule has 0 saturated heterocycles. The summed E-state index contributed by atoms with van der Waals surface area (Å²) in [7, 11) is 1.48. The van der Waals surface area contributed by atoms with E-state index in [2.05, 4.69) is 0 Å². The first-order chi connectivity index (χ1) is 12.3. The quantitative estimate of drug-likeness (QED) is 0.628. The molecule has 0 fully saturated rings. The molecule has 0 spiro atoms. The highest BCUT2D eigenvalue weighted by molar-refractivity contribution is 6.09. The Hall–Kier alpha value is -2.69. The molecule has 0 amide bonds. The second-order valence-electron chi connectivity index (χ2n) is 7.00. The summed E-state index contributed by atoms with van der Waals surface area (Å²) >= 11 is 0. The highest BCUT2D eigenvalue weighted by Crippen LogP contribution is 2.25. The van der Waals surface area contributed by atoms with Crippen LogP contribution >= 0.6 is 0 Å². The number of hydrogen-bond acceptors (Lipinski definition) is 3. The fourth-order valence-electron chi connectivity index (χ4n) is 3.75. The molecule has 1 aliphatic rings. The van der Waals surface area contributed by atoms with Gasteiger partial charge in [0.25, 0.3) is 5.56 Å². The first kappa shape index (κ1) is 18.1. The van der Waals surface area contributed by atoms with Crippen molar-refractivity contribution in [3.63, 3.8) is 0 Å². The Balaban J connectivity index is 2.32. The van der Waals surface area contributed by atoms with Gasteiger partial charge in [-0.1, -0.05) is 36.3 Å². The summed E-state index contributed by atoms with van der Waals surface area (Å²) in [5, 5.41) is 0. The lowest BCUT2D eigenvalue weighted by Gasteiger charge is -2.22. The van der Waals surface area contributed by atoms with Gasteiger partial charge in [-0.25, -0.2) is 4.79 Å². The normalized spacial score (nSPS) is 14.2. The van der Waals surface area contributed by atoms with E-state index in [0.29, 0.717) is 30.4 Å². The van der Waals surface area contributed by atoms with Crippen LogP contribution in [0, 0.1) is 13.8 Å². The zero-order chi connectivity index (χ0) is 19.0. The Morgan fingerprint density at radius 1 is 1.08 bits per heavy atom. The van der Waals surface area contributed by atoms with E-state index >= 15 is 0 Å². The largest absolute Gasteiger partial charge is 0.331 e. The fourth-order valence-corrected chi connectivity index (χ4v) is 3.75. The number of ketones is 1. The van der Waals surface area contributed by atoms with Crippen molar-refractivity contribution in [2.24, 2.45) is 7.05 Å². The van der Waals surface area contributed by atoms with Crippen molar-refractivity contribution in [2.45, 2.75) is 46.1 Å². The summed E-state index contributed by atoms with van der Waals surface area (Å²) in [5.41, 5.74) is 2.33. The van der Waals surface area contributed by atoms with E-state index < -0.39 is 5.69 Å². The second kappa shape index (κ2) is 6.90. The van der Waals surface area contributed by atoms with Crippen LogP contribution in [-0.2, 0) is 13.5 Å². The molecule has 3 rings (SSSR count). The second-order valence-corrected chi connectivity index (χ2v) is 7.00. The maximum Gasteiger partial charge on any atom is 0.331 e. The third-order valence-corrected chi connectivity index (χ3v) is 4.98. The molecule has 2 aromatic rings. The van der Waals surface area contributed by atoms with Crippen molar-refractivity contribution in [3.05, 3.63) is 79.1 Å². The number of carbonyl (C=O) groups excluding carboxylic acids is 1. The summed E-state index contributed by atoms with van der Waals surface area (Å²) in [6.45, 7) is 5.71. The lowest BCUT2D eigenvalue weighted by molar-refractivity contribution is 0.102. The first-order valence-electron chi connectivity index (χ1n) is 8.97. The van der Waals surface area contributed by atoms with E-state index in [-0.39, 0.29) is 23.1 Å². The molecule has 0 unspecified atom stereocenters. The topological polar surface area (TPSA) is 61.1 Å². The molecule has 0 aliphatic heterocycles. The van der Waals surface area contributed by atoms with E-state index in [1.54, 1.807) is 4.57 Å². The van der Waals surface area contributed by atoms with Crippen LogP contribution in [0.25, 0.3) is 0 Å². The van der Waals surface area contributed by atoms with Gasteiger partial charge in [0, 0.05) is 24.2 Å². The van der Waals surface area contributed by atoms with Crippen LogP contribution in [0.5, 0.6) is 0 Å². The summed E-state index contributed by atoms with van der Waals surface area (Å²) in [6.07, 6.45) is 5.81. The molecule has 0 radical (unpaired) electrons. The molecule has 26 heavy (non-hydrogen) atoms. The van der Waals surface area contributed by atoms with Crippen molar-refractivity contribution in [1.29, 1.82) is 0 Å². The number of allylic oxidation sites excluding steroid dienone is 2. The van der Waals surface area contributed by atoms with Gasteiger partial charge in [0.1, 0.15) is 5.69 Å². The van der Waals surface area contributed by atoms with Crippen molar-refractivity contribution in [2.75, 3.05) is 0 Å². The van der Waals surface area contributed by atoms with E-state index in [0.717, 1.165) is 15.7 Å². The maximum atomic E-state index is 13.4. The average molecular weight is 352 g/mol. The number of nitrogens with zero attached hydrogens (tertiary/aromatic N) is 2. The number of rotatable bonds is 4. The molecule has 0 N–H and O–H groups in total. The van der Waals surface area contributed by atoms with E-state index in [4.69, 9.17) is 0 Å². The Labute approximate surface area is 152 Å². The van der Waals surface area contributed by atoms with Crippen LogP contribution in [0.2, 0.25) is 0 Å². The molecule has 1 aromatic heterocycles. The maximum absolute atomic E-state index is 13.4. The molecule has 0 atom stereocenters. The number of aromatic nitrogens is 2. The van der Waals surface area contributed by atoms with Gasteiger partial charge in [0.2, 0.25) is 5.78 Å². The van der Waals surface area contributed by atoms with Crippen LogP contribution in [0.15, 0.2) is 39.9 Å². The van der Waals surface area contributed by atoms with Crippen molar-refractivity contribution < 1.29 is 4.79 Å². The van der Waals surface area contributed by atoms with Gasteiger partial charge < -0.3 is 0 Å². The van der Waals surface area contributed by atoms with Crippen LogP contribution in [-0.4, -0.2) is 14.9 Å². The third kappa shape index (κ3) is 2.98. The Morgan fingerprint density at radius 3 is 2.19 bits per heavy atom. The number of carbonyl (C=O) groups is 1. The minimum Gasteiger partial charge on any atom is -0.287 e. The van der Waals surface area contributed by atoms with E-state index in [1.807, 2.05) is 51.1 Å². The summed E-state index contributed by atoms with van der Waals surface area (Å²) in [5.74, 6) is -0.254. The molecule has 136 valence electrons. The predicted octanol–water partition coefficient (Wildman–Crippen LogP) is 2.85. The Kier molecular flexibility index (Phi) is 4.81. The highest BCUT2D eigenvalue weighted by Gasteiger charge is 2.27. The molecule has 1 aliphatic carbocycles. The summed E-state index contributed by atoms with van der Waals surface area (Å²) < 4.78 is 2.66. The minimum atomic E-state index is -0.423. The van der Waals surface area contributed by atoms with Gasteiger partial charge in [-0.3, -0.25) is 18.7 Å². The van der Waals surface area contributed by atoms with E-state index in [1.165, 1.54) is 7.05 Å². The number of benzene rings is 1. The van der Waals surface area contributed by atoms with Crippen LogP contribution in [0.3, 0.4) is 0 Å². The molecule has 1 aromatic carbocycles. The zero-order valence-corrected chi connectivity index (χ0v) is 15.7. The molecular weight excluding hydrogens is 328 g/mol. The molecule has 0 bridgehead atoms. The number of hydrogen-bond donors (Lipinski definition) is 0. The van der Waals surface area contributed by atoms with Crippen molar-refractivity contribution >= 4 is 5.78 Å². The SMILES string of the molecule is CCc1c(C(=O)c2cc(C)cc(C)c2)n(C2CC=CC2)c(=O)n(C)c1=O. The summed E-state index contributed by atoms with van der Waals surface area (Å²) in [6, 6.07) is 5.50. The van der Waals surface area contributed by atoms with Crippen LogP contribution < -0.4 is 11.2 Å². The molecular formula is C21H24N2O3. The van der Waals surface area contributed by atoms with Gasteiger partial charge in [0.05, 0.1) is 0 Å². The third-order valence-electron chi connectivity index (χ3n) is 4.98. The molecule has 1 heterocycles. The zero-order valence-electron chi connectivity index (χ0n) is 15.7. The van der Waals surface area contributed by atoms with Gasteiger partial charge in [0.15, 0.2) is 0 Å². The Bertz CT molecular complexity index is 997. The van der Waals surface area contributed by atoms with Crippen LogP contribution in [0.1, 0.15) is 58.5 Å². The molecule has 5 heteroatoms. The highest BCUT2D eigenvalue weighted by atomic mass is 16.2. The van der Waals surface area contributed by atoms with Gasteiger partial charge in [-0.05, 0) is 45.2 Å². The lowest BCUT2D eigenvalue weighted by Crippen LogP contribution is -2.44. The van der Waals surface area contributed by atoms with Gasteiger partial charge in [-0.15, -0.1) is 0 Å². The first-order valence-corrected chi connectivity index (χ1v) is 8.97. The molecule has 0 saturated carbocycles. The minimum absolute atomic E-state index is 0.121.